The zero-order valence-electron chi connectivity index (χ0n) is 24.1. The molecule has 0 saturated heterocycles. The van der Waals surface area contributed by atoms with Gasteiger partial charge in [-0.15, -0.1) is 0 Å². The van der Waals surface area contributed by atoms with Gasteiger partial charge >= 0.3 is 0 Å². The number of benzene rings is 1. The smallest absolute Gasteiger partial charge is 0.273 e. The van der Waals surface area contributed by atoms with Crippen molar-refractivity contribution < 1.29 is 14.4 Å². The highest BCUT2D eigenvalue weighted by atomic mass is 32.2. The number of rotatable bonds is 11. The standard InChI is InChI=1S/C24H35N5O3S.C3H9N/c1-9-28(19-12-11-17(5)13-18(19)16(3)4)20(31)14-33-24-25-22(27(8)15-30)21(29(24)10-2)23(32)26(6)7;1-3-4-2/h11-13,15-16H,9-10,14H2,1-8H3;4H,3H2,1-2H3. The van der Waals surface area contributed by atoms with Crippen molar-refractivity contribution in [1.82, 2.24) is 19.8 Å². The molecule has 0 aliphatic heterocycles. The Kier molecular flexibility index (Phi) is 13.4. The summed E-state index contributed by atoms with van der Waals surface area (Å²) in [7, 11) is 6.80. The molecule has 0 aliphatic carbocycles. The number of nitrogens with one attached hydrogen (secondary N) is 1. The van der Waals surface area contributed by atoms with Gasteiger partial charge in [0, 0.05) is 39.9 Å². The molecule has 1 aromatic heterocycles. The largest absolute Gasteiger partial charge is 0.343 e. The Hall–Kier alpha value is -2.85. The number of carbonyl (C=O) groups excluding carboxylic acids is 3. The molecule has 0 radical (unpaired) electrons. The highest BCUT2D eigenvalue weighted by Gasteiger charge is 2.27. The summed E-state index contributed by atoms with van der Waals surface area (Å²) >= 11 is 1.27. The van der Waals surface area contributed by atoms with E-state index in [-0.39, 0.29) is 29.3 Å². The lowest BCUT2D eigenvalue weighted by molar-refractivity contribution is -0.116. The lowest BCUT2D eigenvalue weighted by atomic mass is 9.98. The molecule has 1 N–H and O–H groups in total. The number of aryl methyl sites for hydroxylation is 1. The summed E-state index contributed by atoms with van der Waals surface area (Å²) in [5.41, 5.74) is 3.56. The predicted octanol–water partition coefficient (Wildman–Crippen LogP) is 4.00. The number of nitrogens with zero attached hydrogens (tertiary/aromatic N) is 5. The van der Waals surface area contributed by atoms with Crippen LogP contribution in [0.3, 0.4) is 0 Å². The van der Waals surface area contributed by atoms with E-state index >= 15 is 0 Å². The number of carbonyl (C=O) groups is 3. The molecule has 9 nitrogen and oxygen atoms in total. The Bertz CT molecular complexity index is 1050. The SMILES string of the molecule is CCN(C(=O)CSc1nc(N(C)C=O)c(C(=O)N(C)C)n1CC)c1ccc(C)cc1C(C)C.CCNC. The van der Waals surface area contributed by atoms with Gasteiger partial charge in [-0.2, -0.15) is 0 Å². The van der Waals surface area contributed by atoms with Crippen LogP contribution in [0.1, 0.15) is 62.2 Å². The fourth-order valence-electron chi connectivity index (χ4n) is 3.61. The van der Waals surface area contributed by atoms with Gasteiger partial charge in [0.2, 0.25) is 12.3 Å². The molecule has 37 heavy (non-hydrogen) atoms. The molecule has 0 atom stereocenters. The Morgan fingerprint density at radius 2 is 1.78 bits per heavy atom. The Morgan fingerprint density at radius 3 is 2.24 bits per heavy atom. The van der Waals surface area contributed by atoms with Crippen molar-refractivity contribution in [1.29, 1.82) is 0 Å². The summed E-state index contributed by atoms with van der Waals surface area (Å²) in [4.78, 5) is 46.6. The van der Waals surface area contributed by atoms with E-state index in [1.807, 2.05) is 33.0 Å². The first kappa shape index (κ1) is 32.2. The van der Waals surface area contributed by atoms with Crippen molar-refractivity contribution >= 4 is 41.5 Å². The van der Waals surface area contributed by atoms with Gasteiger partial charge in [0.15, 0.2) is 16.7 Å². The van der Waals surface area contributed by atoms with Gasteiger partial charge in [-0.3, -0.25) is 14.4 Å². The number of imidazole rings is 1. The molecule has 1 aromatic carbocycles. The van der Waals surface area contributed by atoms with Crippen LogP contribution in [0.5, 0.6) is 0 Å². The average molecular weight is 533 g/mol. The number of amides is 3. The minimum absolute atomic E-state index is 0.0373. The van der Waals surface area contributed by atoms with E-state index in [1.165, 1.54) is 21.6 Å². The first-order valence-corrected chi connectivity index (χ1v) is 13.7. The van der Waals surface area contributed by atoms with Crippen molar-refractivity contribution in [2.24, 2.45) is 0 Å². The summed E-state index contributed by atoms with van der Waals surface area (Å²) in [5, 5.41) is 3.46. The van der Waals surface area contributed by atoms with Crippen LogP contribution in [0.4, 0.5) is 11.5 Å². The van der Waals surface area contributed by atoms with E-state index in [4.69, 9.17) is 0 Å². The van der Waals surface area contributed by atoms with Crippen LogP contribution in [0.25, 0.3) is 0 Å². The monoisotopic (exact) mass is 532 g/mol. The molecule has 0 aliphatic rings. The number of aromatic nitrogens is 2. The third-order valence-corrected chi connectivity index (χ3v) is 6.68. The van der Waals surface area contributed by atoms with E-state index < -0.39 is 0 Å². The third kappa shape index (κ3) is 8.33. The van der Waals surface area contributed by atoms with Crippen molar-refractivity contribution in [3.05, 3.63) is 35.0 Å². The first-order chi connectivity index (χ1) is 17.5. The number of thioether (sulfide) groups is 1. The lowest BCUT2D eigenvalue weighted by Crippen LogP contribution is -2.33. The van der Waals surface area contributed by atoms with Gasteiger partial charge in [0.1, 0.15) is 0 Å². The molecule has 0 fully saturated rings. The minimum Gasteiger partial charge on any atom is -0.343 e. The molecule has 1 heterocycles. The van der Waals surface area contributed by atoms with Gasteiger partial charge in [-0.1, -0.05) is 50.2 Å². The minimum atomic E-state index is -0.248. The fourth-order valence-corrected chi connectivity index (χ4v) is 4.55. The lowest BCUT2D eigenvalue weighted by Gasteiger charge is -2.25. The highest BCUT2D eigenvalue weighted by molar-refractivity contribution is 7.99. The van der Waals surface area contributed by atoms with E-state index in [0.29, 0.717) is 30.3 Å². The van der Waals surface area contributed by atoms with Gasteiger partial charge in [-0.25, -0.2) is 4.98 Å². The maximum atomic E-state index is 13.3. The molecule has 0 bridgehead atoms. The molecular weight excluding hydrogens is 488 g/mol. The molecule has 206 valence electrons. The van der Waals surface area contributed by atoms with Crippen LogP contribution in [-0.4, -0.2) is 79.7 Å². The number of hydrogen-bond acceptors (Lipinski definition) is 6. The summed E-state index contributed by atoms with van der Waals surface area (Å²) in [6.07, 6.45) is 0.623. The zero-order chi connectivity index (χ0) is 28.3. The van der Waals surface area contributed by atoms with Crippen LogP contribution in [0, 0.1) is 6.92 Å². The summed E-state index contributed by atoms with van der Waals surface area (Å²) in [6.45, 7) is 14.3. The van der Waals surface area contributed by atoms with Crippen molar-refractivity contribution in [3.63, 3.8) is 0 Å². The first-order valence-electron chi connectivity index (χ1n) is 12.7. The Morgan fingerprint density at radius 1 is 1.16 bits per heavy atom. The zero-order valence-corrected chi connectivity index (χ0v) is 24.9. The van der Waals surface area contributed by atoms with Crippen molar-refractivity contribution in [3.8, 4) is 0 Å². The number of hydrogen-bond donors (Lipinski definition) is 1. The second-order valence-electron chi connectivity index (χ2n) is 9.08. The van der Waals surface area contributed by atoms with Crippen molar-refractivity contribution in [2.75, 3.05) is 56.8 Å². The van der Waals surface area contributed by atoms with Gasteiger partial charge in [0.25, 0.3) is 5.91 Å². The van der Waals surface area contributed by atoms with Crippen molar-refractivity contribution in [2.45, 2.75) is 59.2 Å². The number of anilines is 2. The summed E-state index contributed by atoms with van der Waals surface area (Å²) in [6, 6.07) is 6.16. The molecule has 0 saturated carbocycles. The van der Waals surface area contributed by atoms with E-state index in [2.05, 4.69) is 44.1 Å². The average Bonchev–Trinajstić information content (AvgIpc) is 3.25. The maximum Gasteiger partial charge on any atom is 0.273 e. The van der Waals surface area contributed by atoms with Crippen LogP contribution in [0.15, 0.2) is 23.4 Å². The molecular formula is C27H44N6O3S. The molecule has 2 aromatic rings. The second-order valence-corrected chi connectivity index (χ2v) is 10.0. The van der Waals surface area contributed by atoms with Gasteiger partial charge in [0.05, 0.1) is 5.75 Å². The Balaban J connectivity index is 0.00000159. The molecule has 3 amide bonds. The van der Waals surface area contributed by atoms with Crippen LogP contribution in [-0.2, 0) is 16.1 Å². The van der Waals surface area contributed by atoms with E-state index in [9.17, 15) is 14.4 Å². The molecule has 0 unspecified atom stereocenters. The molecule has 2 rings (SSSR count). The van der Waals surface area contributed by atoms with Crippen LogP contribution in [0.2, 0.25) is 0 Å². The van der Waals surface area contributed by atoms with E-state index in [0.717, 1.165) is 23.4 Å². The fraction of sp³-hybridized carbons (Fsp3) is 0.556. The maximum absolute atomic E-state index is 13.3. The van der Waals surface area contributed by atoms with Crippen LogP contribution < -0.4 is 15.1 Å². The normalized spacial score (nSPS) is 10.6. The summed E-state index contributed by atoms with van der Waals surface area (Å²) in [5.74, 6) is 0.450. The highest BCUT2D eigenvalue weighted by Crippen LogP contribution is 2.31. The third-order valence-electron chi connectivity index (χ3n) is 5.72. The van der Waals surface area contributed by atoms with Gasteiger partial charge in [-0.05, 0) is 51.9 Å². The van der Waals surface area contributed by atoms with Crippen LogP contribution >= 0.6 is 11.8 Å². The predicted molar refractivity (Wildman–Crippen MR) is 154 cm³/mol. The molecule has 0 spiro atoms. The second kappa shape index (κ2) is 15.4. The molecule has 10 heteroatoms. The summed E-state index contributed by atoms with van der Waals surface area (Å²) < 4.78 is 1.76. The Labute approximate surface area is 226 Å². The van der Waals surface area contributed by atoms with Gasteiger partial charge < -0.3 is 24.6 Å². The quantitative estimate of drug-likeness (QED) is 0.348. The van der Waals surface area contributed by atoms with E-state index in [1.54, 1.807) is 30.6 Å². The topological polar surface area (TPSA) is 90.8 Å².